The summed E-state index contributed by atoms with van der Waals surface area (Å²) in [6.45, 7) is 3.88. The molecule has 1 atom stereocenters. The van der Waals surface area contributed by atoms with Crippen LogP contribution in [0.3, 0.4) is 0 Å². The topological polar surface area (TPSA) is 101 Å². The molecule has 0 aromatic carbocycles. The van der Waals surface area contributed by atoms with Crippen molar-refractivity contribution in [2.75, 3.05) is 12.4 Å². The zero-order chi connectivity index (χ0) is 15.3. The van der Waals surface area contributed by atoms with E-state index in [1.54, 1.807) is 0 Å². The van der Waals surface area contributed by atoms with Crippen LogP contribution in [0.25, 0.3) is 0 Å². The summed E-state index contributed by atoms with van der Waals surface area (Å²) in [5, 5.41) is 13.7. The van der Waals surface area contributed by atoms with Gasteiger partial charge in [-0.15, -0.1) is 0 Å². The minimum absolute atomic E-state index is 0.0388. The Hall–Kier alpha value is -1.19. The van der Waals surface area contributed by atoms with Crippen LogP contribution in [0.15, 0.2) is 10.3 Å². The van der Waals surface area contributed by atoms with E-state index in [0.717, 1.165) is 30.2 Å². The van der Waals surface area contributed by atoms with Gasteiger partial charge in [-0.05, 0) is 12.8 Å². The Morgan fingerprint density at radius 1 is 1.45 bits per heavy atom. The maximum absolute atomic E-state index is 12.2. The summed E-state index contributed by atoms with van der Waals surface area (Å²) in [5.74, 6) is 0. The molecular weight excluding hydrogens is 302 g/mol. The highest BCUT2D eigenvalue weighted by atomic mass is 32.2. The molecule has 0 spiro atoms. The van der Waals surface area contributed by atoms with Gasteiger partial charge in [0.15, 0.2) is 5.00 Å². The minimum atomic E-state index is -3.72. The Morgan fingerprint density at radius 3 is 2.50 bits per heavy atom. The molecule has 0 radical (unpaired) electrons. The molecule has 1 rings (SSSR count). The van der Waals surface area contributed by atoms with Crippen LogP contribution >= 0.6 is 11.3 Å². The summed E-state index contributed by atoms with van der Waals surface area (Å²) in [6.07, 6.45) is 2.29. The van der Waals surface area contributed by atoms with Gasteiger partial charge in [-0.1, -0.05) is 31.6 Å². The largest absolute Gasteiger partial charge is 0.374 e. The van der Waals surface area contributed by atoms with Crippen LogP contribution in [-0.2, 0) is 10.0 Å². The summed E-state index contributed by atoms with van der Waals surface area (Å²) in [6, 6.07) is 0.946. The average molecular weight is 321 g/mol. The zero-order valence-corrected chi connectivity index (χ0v) is 13.3. The van der Waals surface area contributed by atoms with Gasteiger partial charge in [0.2, 0.25) is 0 Å². The Balaban J connectivity index is 3.06. The van der Waals surface area contributed by atoms with Crippen LogP contribution in [0.1, 0.15) is 33.1 Å². The van der Waals surface area contributed by atoms with Crippen LogP contribution in [0.4, 0.5) is 10.7 Å². The molecule has 9 heteroatoms. The number of hydrogen-bond donors (Lipinski definition) is 2. The fourth-order valence-corrected chi connectivity index (χ4v) is 4.43. The van der Waals surface area contributed by atoms with Crippen molar-refractivity contribution in [2.24, 2.45) is 0 Å². The Bertz CT molecular complexity index is 568. The zero-order valence-electron chi connectivity index (χ0n) is 11.7. The number of anilines is 1. The number of nitrogens with one attached hydrogen (secondary N) is 2. The third-order valence-corrected chi connectivity index (χ3v) is 5.97. The van der Waals surface area contributed by atoms with Crippen molar-refractivity contribution in [3.05, 3.63) is 16.2 Å². The standard InChI is InChI=1S/C11H19N3O4S2/c1-4-6-8(5-2)13-20(17,18)10-7-9(14(15)16)11(12-3)19-10/h7-8,12-13H,4-6H2,1-3H3. The number of hydrogen-bond acceptors (Lipinski definition) is 6. The van der Waals surface area contributed by atoms with E-state index in [-0.39, 0.29) is 20.9 Å². The van der Waals surface area contributed by atoms with Crippen molar-refractivity contribution in [1.82, 2.24) is 4.72 Å². The van der Waals surface area contributed by atoms with E-state index in [1.165, 1.54) is 7.05 Å². The van der Waals surface area contributed by atoms with Crippen LogP contribution in [0.5, 0.6) is 0 Å². The number of rotatable bonds is 8. The highest BCUT2D eigenvalue weighted by Crippen LogP contribution is 2.36. The lowest BCUT2D eigenvalue weighted by molar-refractivity contribution is -0.383. The summed E-state index contributed by atoms with van der Waals surface area (Å²) in [4.78, 5) is 10.3. The van der Waals surface area contributed by atoms with Gasteiger partial charge in [0, 0.05) is 19.2 Å². The first kappa shape index (κ1) is 16.9. The van der Waals surface area contributed by atoms with E-state index in [2.05, 4.69) is 10.0 Å². The monoisotopic (exact) mass is 321 g/mol. The molecule has 0 aliphatic heterocycles. The molecule has 1 heterocycles. The lowest BCUT2D eigenvalue weighted by Gasteiger charge is -2.15. The maximum Gasteiger partial charge on any atom is 0.304 e. The van der Waals surface area contributed by atoms with Crippen LogP contribution in [0.2, 0.25) is 0 Å². The molecule has 1 unspecified atom stereocenters. The second kappa shape index (κ2) is 7.00. The van der Waals surface area contributed by atoms with Crippen molar-refractivity contribution in [2.45, 2.75) is 43.4 Å². The van der Waals surface area contributed by atoms with Crippen LogP contribution in [0, 0.1) is 10.1 Å². The molecule has 2 N–H and O–H groups in total. The summed E-state index contributed by atoms with van der Waals surface area (Å²) >= 11 is 0.862. The Kier molecular flexibility index (Phi) is 5.90. The Morgan fingerprint density at radius 2 is 2.10 bits per heavy atom. The predicted molar refractivity (Wildman–Crippen MR) is 79.8 cm³/mol. The molecule has 20 heavy (non-hydrogen) atoms. The first-order chi connectivity index (χ1) is 9.35. The quantitative estimate of drug-likeness (QED) is 0.566. The fraction of sp³-hybridized carbons (Fsp3) is 0.636. The van der Waals surface area contributed by atoms with E-state index in [4.69, 9.17) is 0 Å². The smallest absolute Gasteiger partial charge is 0.304 e. The van der Waals surface area contributed by atoms with Crippen LogP contribution < -0.4 is 10.0 Å². The van der Waals surface area contributed by atoms with Gasteiger partial charge < -0.3 is 5.32 Å². The highest BCUT2D eigenvalue weighted by molar-refractivity contribution is 7.91. The number of thiophene rings is 1. The van der Waals surface area contributed by atoms with Gasteiger partial charge in [-0.2, -0.15) is 0 Å². The van der Waals surface area contributed by atoms with Crippen molar-refractivity contribution in [1.29, 1.82) is 0 Å². The lowest BCUT2D eigenvalue weighted by atomic mass is 10.1. The summed E-state index contributed by atoms with van der Waals surface area (Å²) < 4.78 is 27.0. The van der Waals surface area contributed by atoms with Crippen molar-refractivity contribution >= 4 is 32.0 Å². The first-order valence-electron chi connectivity index (χ1n) is 6.34. The van der Waals surface area contributed by atoms with Gasteiger partial charge in [0.1, 0.15) is 4.21 Å². The van der Waals surface area contributed by atoms with E-state index < -0.39 is 14.9 Å². The average Bonchev–Trinajstić information content (AvgIpc) is 2.83. The number of sulfonamides is 1. The van der Waals surface area contributed by atoms with Gasteiger partial charge in [-0.3, -0.25) is 10.1 Å². The van der Waals surface area contributed by atoms with Gasteiger partial charge in [-0.25, -0.2) is 13.1 Å². The molecule has 114 valence electrons. The molecule has 7 nitrogen and oxygen atoms in total. The summed E-state index contributed by atoms with van der Waals surface area (Å²) in [7, 11) is -2.19. The molecular formula is C11H19N3O4S2. The minimum Gasteiger partial charge on any atom is -0.374 e. The van der Waals surface area contributed by atoms with E-state index in [0.29, 0.717) is 6.42 Å². The van der Waals surface area contributed by atoms with Crippen molar-refractivity contribution in [3.63, 3.8) is 0 Å². The van der Waals surface area contributed by atoms with Gasteiger partial charge >= 0.3 is 5.69 Å². The lowest BCUT2D eigenvalue weighted by Crippen LogP contribution is -2.33. The third-order valence-electron chi connectivity index (χ3n) is 2.83. The molecule has 1 aromatic heterocycles. The van der Waals surface area contributed by atoms with Crippen molar-refractivity contribution < 1.29 is 13.3 Å². The predicted octanol–water partition coefficient (Wildman–Crippen LogP) is 2.56. The van der Waals surface area contributed by atoms with Gasteiger partial charge in [0.25, 0.3) is 10.0 Å². The third kappa shape index (κ3) is 3.90. The molecule has 0 aliphatic carbocycles. The van der Waals surface area contributed by atoms with Gasteiger partial charge in [0.05, 0.1) is 4.92 Å². The molecule has 0 saturated heterocycles. The summed E-state index contributed by atoms with van der Waals surface area (Å²) in [5.41, 5.74) is -0.221. The molecule has 0 aliphatic rings. The van der Waals surface area contributed by atoms with Crippen LogP contribution in [-0.4, -0.2) is 26.4 Å². The first-order valence-corrected chi connectivity index (χ1v) is 8.63. The highest BCUT2D eigenvalue weighted by Gasteiger charge is 2.27. The van der Waals surface area contributed by atoms with Crippen molar-refractivity contribution in [3.8, 4) is 0 Å². The Labute approximate surface area is 122 Å². The second-order valence-corrected chi connectivity index (χ2v) is 7.30. The maximum atomic E-state index is 12.2. The molecule has 0 fully saturated rings. The van der Waals surface area contributed by atoms with E-state index >= 15 is 0 Å². The molecule has 0 saturated carbocycles. The van der Waals surface area contributed by atoms with E-state index in [9.17, 15) is 18.5 Å². The normalized spacial score (nSPS) is 13.2. The SMILES string of the molecule is CCCC(CC)NS(=O)(=O)c1cc([N+](=O)[O-])c(NC)s1. The number of nitrogens with zero attached hydrogens (tertiary/aromatic N) is 1. The molecule has 1 aromatic rings. The molecule has 0 bridgehead atoms. The fourth-order valence-electron chi connectivity index (χ4n) is 1.78. The molecule has 0 amide bonds. The van der Waals surface area contributed by atoms with E-state index in [1.807, 2.05) is 13.8 Å². The number of nitro groups is 1. The second-order valence-electron chi connectivity index (χ2n) is 4.30.